The SMILES string of the molecule is CCCNCCNC(=O)C(NS(=O)(=O)c1ccc(C)cc1)C(C)C. The van der Waals surface area contributed by atoms with Gasteiger partial charge in [-0.2, -0.15) is 4.72 Å². The Morgan fingerprint density at radius 1 is 1.08 bits per heavy atom. The smallest absolute Gasteiger partial charge is 0.241 e. The number of carbonyl (C=O) groups excluding carboxylic acids is 1. The molecule has 1 unspecified atom stereocenters. The van der Waals surface area contributed by atoms with Gasteiger partial charge in [0.25, 0.3) is 0 Å². The standard InChI is InChI=1S/C17H29N3O3S/c1-5-10-18-11-12-19-17(21)16(13(2)3)20-24(22,23)15-8-6-14(4)7-9-15/h6-9,13,16,18,20H,5,10-12H2,1-4H3,(H,19,21). The fourth-order valence-corrected chi connectivity index (χ4v) is 3.47. The van der Waals surface area contributed by atoms with Crippen LogP contribution in [0.15, 0.2) is 29.2 Å². The van der Waals surface area contributed by atoms with Crippen molar-refractivity contribution in [3.8, 4) is 0 Å². The highest BCUT2D eigenvalue weighted by Gasteiger charge is 2.28. The average Bonchev–Trinajstić information content (AvgIpc) is 2.52. The van der Waals surface area contributed by atoms with Crippen LogP contribution >= 0.6 is 0 Å². The summed E-state index contributed by atoms with van der Waals surface area (Å²) in [5.74, 6) is -0.465. The van der Waals surface area contributed by atoms with Crippen molar-refractivity contribution in [1.82, 2.24) is 15.4 Å². The Labute approximate surface area is 145 Å². The maximum Gasteiger partial charge on any atom is 0.241 e. The summed E-state index contributed by atoms with van der Waals surface area (Å²) in [6.07, 6.45) is 1.03. The van der Waals surface area contributed by atoms with Crippen LogP contribution in [0.25, 0.3) is 0 Å². The maximum absolute atomic E-state index is 12.5. The summed E-state index contributed by atoms with van der Waals surface area (Å²) >= 11 is 0. The zero-order valence-corrected chi connectivity index (χ0v) is 15.7. The first kappa shape index (κ1) is 20.6. The van der Waals surface area contributed by atoms with Gasteiger partial charge in [0.05, 0.1) is 4.90 Å². The highest BCUT2D eigenvalue weighted by Crippen LogP contribution is 2.13. The van der Waals surface area contributed by atoms with Crippen LogP contribution in [0, 0.1) is 12.8 Å². The van der Waals surface area contributed by atoms with Gasteiger partial charge in [-0.05, 0) is 37.9 Å². The summed E-state index contributed by atoms with van der Waals surface area (Å²) in [4.78, 5) is 12.5. The van der Waals surface area contributed by atoms with Gasteiger partial charge in [-0.1, -0.05) is 38.5 Å². The molecule has 0 saturated carbocycles. The molecule has 0 saturated heterocycles. The largest absolute Gasteiger partial charge is 0.353 e. The molecule has 1 rings (SSSR count). The number of sulfonamides is 1. The third-order valence-corrected chi connectivity index (χ3v) is 5.05. The summed E-state index contributed by atoms with van der Waals surface area (Å²) in [5.41, 5.74) is 0.978. The monoisotopic (exact) mass is 355 g/mol. The molecule has 1 atom stereocenters. The number of rotatable bonds is 10. The lowest BCUT2D eigenvalue weighted by Gasteiger charge is -2.21. The highest BCUT2D eigenvalue weighted by molar-refractivity contribution is 7.89. The molecule has 0 fully saturated rings. The van der Waals surface area contributed by atoms with E-state index in [0.717, 1.165) is 18.5 Å². The average molecular weight is 356 g/mol. The minimum absolute atomic E-state index is 0.158. The predicted molar refractivity (Wildman–Crippen MR) is 96.3 cm³/mol. The minimum Gasteiger partial charge on any atom is -0.353 e. The lowest BCUT2D eigenvalue weighted by molar-refractivity contribution is -0.123. The number of amides is 1. The molecule has 1 amide bonds. The Hall–Kier alpha value is -1.44. The van der Waals surface area contributed by atoms with E-state index in [-0.39, 0.29) is 16.7 Å². The van der Waals surface area contributed by atoms with Gasteiger partial charge in [0.15, 0.2) is 0 Å². The van der Waals surface area contributed by atoms with Crippen molar-refractivity contribution in [1.29, 1.82) is 0 Å². The van der Waals surface area contributed by atoms with Crippen molar-refractivity contribution in [2.45, 2.75) is 45.1 Å². The Kier molecular flexibility index (Phi) is 8.38. The Morgan fingerprint density at radius 2 is 1.71 bits per heavy atom. The van der Waals surface area contributed by atoms with Crippen LogP contribution < -0.4 is 15.4 Å². The minimum atomic E-state index is -3.73. The number of nitrogens with one attached hydrogen (secondary N) is 3. The first-order valence-electron chi connectivity index (χ1n) is 8.35. The van der Waals surface area contributed by atoms with Gasteiger partial charge in [0.1, 0.15) is 6.04 Å². The van der Waals surface area contributed by atoms with Gasteiger partial charge in [0.2, 0.25) is 15.9 Å². The first-order chi connectivity index (χ1) is 11.3. The molecular weight excluding hydrogens is 326 g/mol. The molecule has 0 bridgehead atoms. The number of hydrogen-bond donors (Lipinski definition) is 3. The van der Waals surface area contributed by atoms with E-state index < -0.39 is 16.1 Å². The number of carbonyl (C=O) groups is 1. The summed E-state index contributed by atoms with van der Waals surface area (Å²) in [6, 6.07) is 5.75. The molecule has 0 aliphatic heterocycles. The fourth-order valence-electron chi connectivity index (χ4n) is 2.13. The van der Waals surface area contributed by atoms with E-state index in [0.29, 0.717) is 13.1 Å². The Morgan fingerprint density at radius 3 is 2.25 bits per heavy atom. The van der Waals surface area contributed by atoms with Crippen LogP contribution in [0.3, 0.4) is 0 Å². The highest BCUT2D eigenvalue weighted by atomic mass is 32.2. The number of benzene rings is 1. The van der Waals surface area contributed by atoms with E-state index in [9.17, 15) is 13.2 Å². The molecule has 6 nitrogen and oxygen atoms in total. The molecule has 0 aliphatic carbocycles. The van der Waals surface area contributed by atoms with Crippen molar-refractivity contribution in [2.24, 2.45) is 5.92 Å². The van der Waals surface area contributed by atoms with Crippen LogP contribution in [0.4, 0.5) is 0 Å². The molecule has 0 spiro atoms. The third-order valence-electron chi connectivity index (χ3n) is 3.59. The van der Waals surface area contributed by atoms with Gasteiger partial charge in [-0.3, -0.25) is 4.79 Å². The zero-order chi connectivity index (χ0) is 18.2. The van der Waals surface area contributed by atoms with Crippen LogP contribution in [-0.4, -0.2) is 40.0 Å². The molecule has 3 N–H and O–H groups in total. The second-order valence-corrected chi connectivity index (χ2v) is 7.91. The van der Waals surface area contributed by atoms with Crippen molar-refractivity contribution in [3.05, 3.63) is 29.8 Å². The van der Waals surface area contributed by atoms with E-state index >= 15 is 0 Å². The lowest BCUT2D eigenvalue weighted by atomic mass is 10.1. The van der Waals surface area contributed by atoms with Crippen molar-refractivity contribution in [2.75, 3.05) is 19.6 Å². The van der Waals surface area contributed by atoms with Crippen molar-refractivity contribution in [3.63, 3.8) is 0 Å². The second kappa shape index (κ2) is 9.76. The normalized spacial score (nSPS) is 13.0. The van der Waals surface area contributed by atoms with Gasteiger partial charge in [-0.25, -0.2) is 8.42 Å². The first-order valence-corrected chi connectivity index (χ1v) is 9.83. The fraction of sp³-hybridized carbons (Fsp3) is 0.588. The van der Waals surface area contributed by atoms with Gasteiger partial charge in [0, 0.05) is 13.1 Å². The van der Waals surface area contributed by atoms with Crippen LogP contribution in [0.1, 0.15) is 32.8 Å². The summed E-state index contributed by atoms with van der Waals surface area (Å²) in [6.45, 7) is 9.61. The summed E-state index contributed by atoms with van der Waals surface area (Å²) < 4.78 is 27.5. The summed E-state index contributed by atoms with van der Waals surface area (Å²) in [5, 5.41) is 5.96. The number of hydrogen-bond acceptors (Lipinski definition) is 4. The van der Waals surface area contributed by atoms with Crippen LogP contribution in [0.5, 0.6) is 0 Å². The molecular formula is C17H29N3O3S. The van der Waals surface area contributed by atoms with E-state index in [1.165, 1.54) is 0 Å². The quantitative estimate of drug-likeness (QED) is 0.554. The van der Waals surface area contributed by atoms with Crippen molar-refractivity contribution < 1.29 is 13.2 Å². The topological polar surface area (TPSA) is 87.3 Å². The molecule has 0 aliphatic rings. The lowest BCUT2D eigenvalue weighted by Crippen LogP contribution is -2.50. The molecule has 24 heavy (non-hydrogen) atoms. The third kappa shape index (κ3) is 6.59. The van der Waals surface area contributed by atoms with E-state index in [4.69, 9.17) is 0 Å². The van der Waals surface area contributed by atoms with E-state index in [1.54, 1.807) is 24.3 Å². The second-order valence-electron chi connectivity index (χ2n) is 6.20. The zero-order valence-electron chi connectivity index (χ0n) is 14.9. The summed E-state index contributed by atoms with van der Waals surface area (Å²) in [7, 11) is -3.73. The molecule has 136 valence electrons. The number of aryl methyl sites for hydroxylation is 1. The van der Waals surface area contributed by atoms with E-state index in [1.807, 2.05) is 20.8 Å². The van der Waals surface area contributed by atoms with E-state index in [2.05, 4.69) is 22.3 Å². The Bertz CT molecular complexity index is 612. The van der Waals surface area contributed by atoms with Gasteiger partial charge >= 0.3 is 0 Å². The molecule has 1 aromatic rings. The van der Waals surface area contributed by atoms with Crippen LogP contribution in [-0.2, 0) is 14.8 Å². The van der Waals surface area contributed by atoms with Crippen molar-refractivity contribution >= 4 is 15.9 Å². The molecule has 0 radical (unpaired) electrons. The van der Waals surface area contributed by atoms with Gasteiger partial charge < -0.3 is 10.6 Å². The van der Waals surface area contributed by atoms with Gasteiger partial charge in [-0.15, -0.1) is 0 Å². The Balaban J connectivity index is 2.71. The molecule has 7 heteroatoms. The molecule has 1 aromatic carbocycles. The van der Waals surface area contributed by atoms with Crippen LogP contribution in [0.2, 0.25) is 0 Å². The molecule has 0 aromatic heterocycles. The molecule has 0 heterocycles. The predicted octanol–water partition coefficient (Wildman–Crippen LogP) is 1.41. The maximum atomic E-state index is 12.5.